The molecule has 5 nitrogen and oxygen atoms in total. The van der Waals surface area contributed by atoms with Crippen LogP contribution in [0, 0.1) is 0 Å². The van der Waals surface area contributed by atoms with E-state index in [0.29, 0.717) is 22.3 Å². The Morgan fingerprint density at radius 2 is 1.62 bits per heavy atom. The number of phenols is 1. The predicted octanol–water partition coefficient (Wildman–Crippen LogP) is 6.36. The van der Waals surface area contributed by atoms with Crippen LogP contribution in [0.4, 0.5) is 19.2 Å². The predicted molar refractivity (Wildman–Crippen MR) is 114 cm³/mol. The normalized spacial score (nSPS) is 11.4. The first kappa shape index (κ1) is 21.2. The summed E-state index contributed by atoms with van der Waals surface area (Å²) in [6.07, 6.45) is -4.46. The molecule has 8 heteroatoms. The van der Waals surface area contributed by atoms with Gasteiger partial charge in [0.1, 0.15) is 11.4 Å². The number of carbonyl (C=O) groups excluding carboxylic acids is 1. The van der Waals surface area contributed by atoms with Crippen molar-refractivity contribution in [2.75, 3.05) is 5.32 Å². The molecular formula is C24H17F3N2O3. The lowest BCUT2D eigenvalue weighted by Gasteiger charge is -2.10. The van der Waals surface area contributed by atoms with E-state index in [4.69, 9.17) is 4.42 Å². The third kappa shape index (κ3) is 4.34. The van der Waals surface area contributed by atoms with Crippen molar-refractivity contribution in [3.05, 3.63) is 78.4 Å². The van der Waals surface area contributed by atoms with Crippen LogP contribution in [-0.2, 0) is 11.0 Å². The number of halogens is 3. The lowest BCUT2D eigenvalue weighted by Crippen LogP contribution is -2.05. The summed E-state index contributed by atoms with van der Waals surface area (Å²) >= 11 is 0. The van der Waals surface area contributed by atoms with E-state index < -0.39 is 17.6 Å². The van der Waals surface area contributed by atoms with E-state index in [-0.39, 0.29) is 23.2 Å². The summed E-state index contributed by atoms with van der Waals surface area (Å²) in [5.74, 6) is -0.0535. The Morgan fingerprint density at radius 3 is 2.25 bits per heavy atom. The fourth-order valence-electron chi connectivity index (χ4n) is 3.33. The number of carbonyl (C=O) groups is 1. The standard InChI is InChI=1S/C24H17F3N2O3/c1-14(30)28-23-29-21(15-9-11-17(12-10-15)24(25,26)27)22(32-23)20-8-3-2-7-19(20)16-5-4-6-18(31)13-16/h2-13,31H,1H3,(H,28,29,30). The monoisotopic (exact) mass is 438 g/mol. The minimum atomic E-state index is -4.46. The van der Waals surface area contributed by atoms with Crippen molar-refractivity contribution in [3.63, 3.8) is 0 Å². The van der Waals surface area contributed by atoms with Crippen LogP contribution in [0.5, 0.6) is 5.75 Å². The average Bonchev–Trinajstić information content (AvgIpc) is 3.16. The van der Waals surface area contributed by atoms with Crippen molar-refractivity contribution in [2.24, 2.45) is 0 Å². The largest absolute Gasteiger partial charge is 0.508 e. The molecule has 32 heavy (non-hydrogen) atoms. The van der Waals surface area contributed by atoms with Gasteiger partial charge in [0.25, 0.3) is 0 Å². The number of oxazole rings is 1. The van der Waals surface area contributed by atoms with Crippen LogP contribution in [0.1, 0.15) is 12.5 Å². The van der Waals surface area contributed by atoms with Crippen molar-refractivity contribution in [2.45, 2.75) is 13.1 Å². The molecule has 0 atom stereocenters. The Kier molecular flexibility index (Phi) is 5.44. The van der Waals surface area contributed by atoms with Crippen LogP contribution in [0.3, 0.4) is 0 Å². The van der Waals surface area contributed by atoms with Crippen LogP contribution in [0.15, 0.2) is 77.2 Å². The third-order valence-electron chi connectivity index (χ3n) is 4.72. The molecule has 0 fully saturated rings. The van der Waals surface area contributed by atoms with Gasteiger partial charge in [0, 0.05) is 18.1 Å². The molecule has 0 bridgehead atoms. The molecule has 2 N–H and O–H groups in total. The van der Waals surface area contributed by atoms with Crippen molar-refractivity contribution in [1.29, 1.82) is 0 Å². The van der Waals surface area contributed by atoms with Gasteiger partial charge in [0.2, 0.25) is 5.91 Å². The summed E-state index contributed by atoms with van der Waals surface area (Å²) in [5.41, 5.74) is 1.89. The molecule has 0 aliphatic carbocycles. The van der Waals surface area contributed by atoms with E-state index in [9.17, 15) is 23.1 Å². The molecule has 0 radical (unpaired) electrons. The van der Waals surface area contributed by atoms with Gasteiger partial charge in [-0.2, -0.15) is 18.2 Å². The van der Waals surface area contributed by atoms with Crippen LogP contribution in [-0.4, -0.2) is 16.0 Å². The lowest BCUT2D eigenvalue weighted by molar-refractivity contribution is -0.137. The molecule has 162 valence electrons. The van der Waals surface area contributed by atoms with Gasteiger partial charge < -0.3 is 9.52 Å². The number of anilines is 1. The number of aromatic hydroxyl groups is 1. The number of alkyl halides is 3. The van der Waals surface area contributed by atoms with Gasteiger partial charge in [0.15, 0.2) is 5.76 Å². The van der Waals surface area contributed by atoms with Crippen LogP contribution in [0.25, 0.3) is 33.7 Å². The molecule has 0 saturated carbocycles. The Morgan fingerprint density at radius 1 is 0.938 bits per heavy atom. The molecule has 1 heterocycles. The summed E-state index contributed by atoms with van der Waals surface area (Å²) in [6, 6.07) is 18.3. The zero-order valence-electron chi connectivity index (χ0n) is 16.8. The number of benzene rings is 3. The first-order valence-electron chi connectivity index (χ1n) is 9.57. The molecule has 0 aliphatic rings. The number of hydrogen-bond donors (Lipinski definition) is 2. The molecule has 0 spiro atoms. The first-order chi connectivity index (χ1) is 15.2. The molecule has 0 aliphatic heterocycles. The first-order valence-corrected chi connectivity index (χ1v) is 9.57. The molecule has 1 aromatic heterocycles. The molecule has 4 rings (SSSR count). The maximum absolute atomic E-state index is 13.0. The minimum Gasteiger partial charge on any atom is -0.508 e. The minimum absolute atomic E-state index is 0.0758. The van der Waals surface area contributed by atoms with Gasteiger partial charge in [-0.05, 0) is 35.4 Å². The van der Waals surface area contributed by atoms with E-state index in [2.05, 4.69) is 10.3 Å². The van der Waals surface area contributed by atoms with E-state index in [1.54, 1.807) is 36.4 Å². The molecule has 4 aromatic rings. The fraction of sp³-hybridized carbons (Fsp3) is 0.0833. The van der Waals surface area contributed by atoms with Crippen molar-refractivity contribution in [3.8, 4) is 39.5 Å². The van der Waals surface area contributed by atoms with E-state index in [1.807, 2.05) is 12.1 Å². The Balaban J connectivity index is 1.89. The van der Waals surface area contributed by atoms with Gasteiger partial charge in [-0.15, -0.1) is 0 Å². The van der Waals surface area contributed by atoms with Crippen molar-refractivity contribution >= 4 is 11.9 Å². The zero-order valence-corrected chi connectivity index (χ0v) is 16.8. The smallest absolute Gasteiger partial charge is 0.416 e. The van der Waals surface area contributed by atoms with Crippen LogP contribution < -0.4 is 5.32 Å². The van der Waals surface area contributed by atoms with Gasteiger partial charge in [-0.3, -0.25) is 10.1 Å². The molecule has 0 unspecified atom stereocenters. The van der Waals surface area contributed by atoms with Crippen LogP contribution in [0.2, 0.25) is 0 Å². The van der Waals surface area contributed by atoms with Gasteiger partial charge in [0.05, 0.1) is 5.56 Å². The highest BCUT2D eigenvalue weighted by Gasteiger charge is 2.30. The number of nitrogens with zero attached hydrogens (tertiary/aromatic N) is 1. The third-order valence-corrected chi connectivity index (χ3v) is 4.72. The van der Waals surface area contributed by atoms with Crippen molar-refractivity contribution < 1.29 is 27.5 Å². The number of hydrogen-bond acceptors (Lipinski definition) is 4. The fourth-order valence-corrected chi connectivity index (χ4v) is 3.33. The summed E-state index contributed by atoms with van der Waals surface area (Å²) in [6.45, 7) is 1.29. The van der Waals surface area contributed by atoms with E-state index >= 15 is 0 Å². The summed E-state index contributed by atoms with van der Waals surface area (Å²) < 4.78 is 44.8. The van der Waals surface area contributed by atoms with Gasteiger partial charge >= 0.3 is 12.2 Å². The Bertz CT molecular complexity index is 1280. The maximum Gasteiger partial charge on any atom is 0.416 e. The van der Waals surface area contributed by atoms with E-state index in [1.165, 1.54) is 19.1 Å². The number of nitrogens with one attached hydrogen (secondary N) is 1. The highest BCUT2D eigenvalue weighted by atomic mass is 19.4. The van der Waals surface area contributed by atoms with E-state index in [0.717, 1.165) is 12.1 Å². The second kappa shape index (κ2) is 8.22. The molecular weight excluding hydrogens is 421 g/mol. The number of phenolic OH excluding ortho intramolecular Hbond substituents is 1. The summed E-state index contributed by atoms with van der Waals surface area (Å²) in [4.78, 5) is 15.8. The maximum atomic E-state index is 13.0. The molecule has 3 aromatic carbocycles. The molecule has 1 amide bonds. The quantitative estimate of drug-likeness (QED) is 0.389. The van der Waals surface area contributed by atoms with Crippen molar-refractivity contribution in [1.82, 2.24) is 4.98 Å². The highest BCUT2D eigenvalue weighted by Crippen LogP contribution is 2.40. The lowest BCUT2D eigenvalue weighted by atomic mass is 9.95. The SMILES string of the molecule is CC(=O)Nc1nc(-c2ccc(C(F)(F)F)cc2)c(-c2ccccc2-c2cccc(O)c2)o1. The van der Waals surface area contributed by atoms with Gasteiger partial charge in [-0.1, -0.05) is 48.5 Å². The number of rotatable bonds is 4. The Hall–Kier alpha value is -4.07. The average molecular weight is 438 g/mol. The topological polar surface area (TPSA) is 75.4 Å². The highest BCUT2D eigenvalue weighted by molar-refractivity contribution is 5.90. The zero-order chi connectivity index (χ0) is 22.9. The second-order valence-corrected chi connectivity index (χ2v) is 7.05. The Labute approximate surface area is 181 Å². The van der Waals surface area contributed by atoms with Crippen LogP contribution >= 0.6 is 0 Å². The summed E-state index contributed by atoms with van der Waals surface area (Å²) in [7, 11) is 0. The van der Waals surface area contributed by atoms with Gasteiger partial charge in [-0.25, -0.2) is 0 Å². The number of aromatic nitrogens is 1. The molecule has 0 saturated heterocycles. The number of amides is 1. The summed E-state index contributed by atoms with van der Waals surface area (Å²) in [5, 5.41) is 12.4. The second-order valence-electron chi connectivity index (χ2n) is 7.05.